The van der Waals surface area contributed by atoms with E-state index in [1.54, 1.807) is 0 Å². The molecule has 1 aliphatic carbocycles. The zero-order valence-corrected chi connectivity index (χ0v) is 11.8. The van der Waals surface area contributed by atoms with Crippen molar-refractivity contribution in [2.45, 2.75) is 38.4 Å². The van der Waals surface area contributed by atoms with E-state index in [0.29, 0.717) is 11.5 Å². The number of thiocarbonyl (C=S) groups is 1. The molecule has 1 aromatic rings. The lowest BCUT2D eigenvalue weighted by Crippen LogP contribution is -2.19. The number of nitrogens with one attached hydrogen (secondary N) is 1. The van der Waals surface area contributed by atoms with Gasteiger partial charge in [-0.05, 0) is 30.9 Å². The summed E-state index contributed by atoms with van der Waals surface area (Å²) in [7, 11) is 0. The van der Waals surface area contributed by atoms with Crippen LogP contribution < -0.4 is 11.1 Å². The summed E-state index contributed by atoms with van der Waals surface area (Å²) in [6.07, 6.45) is -1.42. The highest BCUT2D eigenvalue weighted by molar-refractivity contribution is 7.80. The zero-order valence-electron chi connectivity index (χ0n) is 11.0. The number of nitrogens with zero attached hydrogens (tertiary/aromatic N) is 1. The molecule has 7 heteroatoms. The Morgan fingerprint density at radius 1 is 1.50 bits per heavy atom. The van der Waals surface area contributed by atoms with Gasteiger partial charge in [-0.1, -0.05) is 25.6 Å². The summed E-state index contributed by atoms with van der Waals surface area (Å²) in [6, 6.07) is 2.34. The molecule has 1 aliphatic rings. The Bertz CT molecular complexity index is 516. The molecule has 3 nitrogen and oxygen atoms in total. The van der Waals surface area contributed by atoms with E-state index in [1.807, 2.05) is 0 Å². The van der Waals surface area contributed by atoms with E-state index >= 15 is 0 Å². The highest BCUT2D eigenvalue weighted by atomic mass is 32.1. The van der Waals surface area contributed by atoms with Gasteiger partial charge in [0.2, 0.25) is 0 Å². The quantitative estimate of drug-likeness (QED) is 0.819. The van der Waals surface area contributed by atoms with Gasteiger partial charge in [-0.25, -0.2) is 4.98 Å². The molecule has 1 fully saturated rings. The lowest BCUT2D eigenvalue weighted by atomic mass is 10.2. The SMILES string of the molecule is CCCC1CC1Nc1nc(C(F)(F)F)ccc1C(N)=S. The molecule has 0 saturated heterocycles. The van der Waals surface area contributed by atoms with Gasteiger partial charge in [0.25, 0.3) is 0 Å². The van der Waals surface area contributed by atoms with E-state index in [4.69, 9.17) is 18.0 Å². The van der Waals surface area contributed by atoms with Gasteiger partial charge in [-0.3, -0.25) is 0 Å². The first-order valence-corrected chi connectivity index (χ1v) is 6.88. The van der Waals surface area contributed by atoms with Crippen molar-refractivity contribution in [1.29, 1.82) is 0 Å². The minimum Gasteiger partial charge on any atom is -0.389 e. The molecule has 3 N–H and O–H groups in total. The molecule has 2 rings (SSSR count). The van der Waals surface area contributed by atoms with Crippen molar-refractivity contribution in [3.8, 4) is 0 Å². The van der Waals surface area contributed by atoms with E-state index in [9.17, 15) is 13.2 Å². The molecule has 1 aromatic heterocycles. The molecule has 0 aromatic carbocycles. The number of hydrogen-bond acceptors (Lipinski definition) is 3. The van der Waals surface area contributed by atoms with E-state index in [2.05, 4.69) is 17.2 Å². The molecule has 2 unspecified atom stereocenters. The van der Waals surface area contributed by atoms with Crippen molar-refractivity contribution in [1.82, 2.24) is 4.98 Å². The third-order valence-corrected chi connectivity index (χ3v) is 3.58. The average Bonchev–Trinajstić information content (AvgIpc) is 3.06. The highest BCUT2D eigenvalue weighted by Crippen LogP contribution is 2.38. The summed E-state index contributed by atoms with van der Waals surface area (Å²) in [4.78, 5) is 3.68. The molecule has 1 heterocycles. The average molecular weight is 303 g/mol. The fourth-order valence-electron chi connectivity index (χ4n) is 2.22. The summed E-state index contributed by atoms with van der Waals surface area (Å²) in [6.45, 7) is 2.08. The molecule has 0 spiro atoms. The van der Waals surface area contributed by atoms with E-state index < -0.39 is 11.9 Å². The molecule has 1 saturated carbocycles. The van der Waals surface area contributed by atoms with Crippen LogP contribution in [0.4, 0.5) is 19.0 Å². The third kappa shape index (κ3) is 3.39. The monoisotopic (exact) mass is 303 g/mol. The van der Waals surface area contributed by atoms with Crippen LogP contribution >= 0.6 is 12.2 Å². The van der Waals surface area contributed by atoms with Crippen LogP contribution in [-0.2, 0) is 6.18 Å². The van der Waals surface area contributed by atoms with Crippen LogP contribution in [-0.4, -0.2) is 16.0 Å². The summed E-state index contributed by atoms with van der Waals surface area (Å²) < 4.78 is 38.1. The highest BCUT2D eigenvalue weighted by Gasteiger charge is 2.38. The first kappa shape index (κ1) is 15.0. The largest absolute Gasteiger partial charge is 0.433 e. The third-order valence-electron chi connectivity index (χ3n) is 3.36. The number of nitrogens with two attached hydrogens (primary N) is 1. The van der Waals surface area contributed by atoms with Crippen LogP contribution in [0.15, 0.2) is 12.1 Å². The fraction of sp³-hybridized carbons (Fsp3) is 0.538. The van der Waals surface area contributed by atoms with E-state index in [-0.39, 0.29) is 16.8 Å². The van der Waals surface area contributed by atoms with Crippen LogP contribution in [0.2, 0.25) is 0 Å². The predicted octanol–water partition coefficient (Wildman–Crippen LogP) is 3.34. The molecular weight excluding hydrogens is 287 g/mol. The van der Waals surface area contributed by atoms with Gasteiger partial charge in [0, 0.05) is 6.04 Å². The number of aromatic nitrogens is 1. The summed E-state index contributed by atoms with van der Waals surface area (Å²) >= 11 is 4.86. The molecular formula is C13H16F3N3S. The van der Waals surface area contributed by atoms with Crippen LogP contribution in [0.1, 0.15) is 37.4 Å². The van der Waals surface area contributed by atoms with Crippen molar-refractivity contribution < 1.29 is 13.2 Å². The number of alkyl halides is 3. The van der Waals surface area contributed by atoms with E-state index in [0.717, 1.165) is 25.3 Å². The maximum absolute atomic E-state index is 12.7. The minimum absolute atomic E-state index is 0.0430. The molecule has 0 aliphatic heterocycles. The van der Waals surface area contributed by atoms with Crippen LogP contribution in [0.5, 0.6) is 0 Å². The standard InChI is InChI=1S/C13H16F3N3S/c1-2-3-7-6-9(7)18-12-8(11(17)20)4-5-10(19-12)13(14,15)16/h4-5,7,9H,2-3,6H2,1H3,(H2,17,20)(H,18,19). The Balaban J connectivity index is 2.22. The second-order valence-corrected chi connectivity index (χ2v) is 5.43. The first-order valence-electron chi connectivity index (χ1n) is 6.47. The Kier molecular flexibility index (Phi) is 4.17. The molecule has 20 heavy (non-hydrogen) atoms. The first-order chi connectivity index (χ1) is 9.32. The van der Waals surface area contributed by atoms with E-state index in [1.165, 1.54) is 6.07 Å². The van der Waals surface area contributed by atoms with Gasteiger partial charge >= 0.3 is 6.18 Å². The van der Waals surface area contributed by atoms with Crippen molar-refractivity contribution in [3.63, 3.8) is 0 Å². The van der Waals surface area contributed by atoms with Gasteiger partial charge in [-0.2, -0.15) is 13.2 Å². The molecule has 110 valence electrons. The molecule has 0 bridgehead atoms. The van der Waals surface area contributed by atoms with Crippen LogP contribution in [0.3, 0.4) is 0 Å². The normalized spacial score (nSPS) is 21.6. The Labute approximate surface area is 120 Å². The van der Waals surface area contributed by atoms with Crippen molar-refractivity contribution in [2.75, 3.05) is 5.32 Å². The number of halogens is 3. The lowest BCUT2D eigenvalue weighted by Gasteiger charge is -2.13. The van der Waals surface area contributed by atoms with Gasteiger partial charge in [-0.15, -0.1) is 0 Å². The maximum Gasteiger partial charge on any atom is 0.433 e. The number of hydrogen-bond donors (Lipinski definition) is 2. The molecule has 0 radical (unpaired) electrons. The molecule has 0 amide bonds. The minimum atomic E-state index is -4.47. The number of anilines is 1. The Morgan fingerprint density at radius 3 is 2.75 bits per heavy atom. The van der Waals surface area contributed by atoms with Gasteiger partial charge < -0.3 is 11.1 Å². The number of rotatable bonds is 5. The Morgan fingerprint density at radius 2 is 2.20 bits per heavy atom. The van der Waals surface area contributed by atoms with Crippen LogP contribution in [0, 0.1) is 5.92 Å². The number of pyridine rings is 1. The van der Waals surface area contributed by atoms with Gasteiger partial charge in [0.15, 0.2) is 0 Å². The Hall–Kier alpha value is -1.37. The summed E-state index contributed by atoms with van der Waals surface area (Å²) in [5.41, 5.74) is 4.95. The second-order valence-electron chi connectivity index (χ2n) is 4.99. The molecule has 2 atom stereocenters. The topological polar surface area (TPSA) is 50.9 Å². The van der Waals surface area contributed by atoms with Crippen molar-refractivity contribution in [3.05, 3.63) is 23.4 Å². The van der Waals surface area contributed by atoms with Gasteiger partial charge in [0.1, 0.15) is 16.5 Å². The lowest BCUT2D eigenvalue weighted by molar-refractivity contribution is -0.141. The van der Waals surface area contributed by atoms with Crippen LogP contribution in [0.25, 0.3) is 0 Å². The summed E-state index contributed by atoms with van der Waals surface area (Å²) in [5, 5.41) is 3.03. The zero-order chi connectivity index (χ0) is 14.9. The fourth-order valence-corrected chi connectivity index (χ4v) is 2.38. The maximum atomic E-state index is 12.7. The second kappa shape index (κ2) is 5.55. The van der Waals surface area contributed by atoms with Gasteiger partial charge in [0.05, 0.1) is 5.56 Å². The van der Waals surface area contributed by atoms with Crippen molar-refractivity contribution in [2.24, 2.45) is 11.7 Å². The smallest absolute Gasteiger partial charge is 0.389 e. The van der Waals surface area contributed by atoms with Crippen molar-refractivity contribution >= 4 is 23.0 Å². The predicted molar refractivity (Wildman–Crippen MR) is 75.6 cm³/mol. The summed E-state index contributed by atoms with van der Waals surface area (Å²) in [5.74, 6) is 0.631.